The van der Waals surface area contributed by atoms with Crippen LogP contribution in [0.4, 0.5) is 5.82 Å². The van der Waals surface area contributed by atoms with Crippen LogP contribution in [0.15, 0.2) is 12.7 Å². The summed E-state index contributed by atoms with van der Waals surface area (Å²) in [5.74, 6) is -1.21. The van der Waals surface area contributed by atoms with E-state index in [9.17, 15) is 57.9 Å². The maximum atomic E-state index is 12.6. The summed E-state index contributed by atoms with van der Waals surface area (Å²) in [5, 5.41) is 26.0. The number of carbonyl (C=O) groups is 3. The van der Waals surface area contributed by atoms with Gasteiger partial charge in [0.15, 0.2) is 17.7 Å². The Bertz CT molecular complexity index is 1760. The van der Waals surface area contributed by atoms with E-state index in [1.165, 1.54) is 20.8 Å². The van der Waals surface area contributed by atoms with Crippen molar-refractivity contribution in [1.82, 2.24) is 30.2 Å². The predicted molar refractivity (Wildman–Crippen MR) is 181 cm³/mol. The highest BCUT2D eigenvalue weighted by Gasteiger charge is 2.50. The number of rotatable bonds is 20. The van der Waals surface area contributed by atoms with Crippen LogP contribution in [0.5, 0.6) is 0 Å². The molecular weight excluding hydrogens is 797 g/mol. The van der Waals surface area contributed by atoms with Crippen molar-refractivity contribution in [2.45, 2.75) is 63.9 Å². The lowest BCUT2D eigenvalue weighted by atomic mass is 9.87. The predicted octanol–water partition coefficient (Wildman–Crippen LogP) is -1.99. The molecule has 8 atom stereocenters. The van der Waals surface area contributed by atoms with Crippen molar-refractivity contribution in [2.75, 3.05) is 37.8 Å². The van der Waals surface area contributed by atoms with Crippen LogP contribution in [0.1, 0.15) is 33.4 Å². The number of fused-ring (bicyclic) bond motifs is 1. The molecule has 2 aromatic heterocycles. The first kappa shape index (κ1) is 44.9. The maximum absolute atomic E-state index is 12.6. The zero-order chi connectivity index (χ0) is 39.9. The van der Waals surface area contributed by atoms with E-state index < -0.39 is 90.6 Å². The second kappa shape index (κ2) is 18.4. The van der Waals surface area contributed by atoms with E-state index >= 15 is 0 Å². The summed E-state index contributed by atoms with van der Waals surface area (Å²) in [4.78, 5) is 86.7. The molecule has 2 aromatic rings. The molecule has 3 heterocycles. The normalized spacial score (nSPS) is 22.8. The van der Waals surface area contributed by atoms with E-state index in [0.717, 1.165) is 29.0 Å². The highest BCUT2D eigenvalue weighted by Crippen LogP contribution is 2.61. The molecular formula is C24H41N8O17P3S. The van der Waals surface area contributed by atoms with Gasteiger partial charge < -0.3 is 56.6 Å². The first-order valence-corrected chi connectivity index (χ1v) is 20.7. The van der Waals surface area contributed by atoms with Crippen LogP contribution in [0, 0.1) is 5.41 Å². The molecule has 300 valence electrons. The average Bonchev–Trinajstić information content (AvgIpc) is 3.60. The lowest BCUT2D eigenvalue weighted by molar-refractivity contribution is -0.137. The van der Waals surface area contributed by atoms with Crippen LogP contribution in [0.2, 0.25) is 0 Å². The zero-order valence-electron chi connectivity index (χ0n) is 28.2. The van der Waals surface area contributed by atoms with Crippen LogP contribution < -0.4 is 22.1 Å². The molecule has 0 saturated carbocycles. The molecule has 1 saturated heterocycles. The molecule has 4 unspecified atom stereocenters. The fraction of sp³-hybridized carbons (Fsp3) is 0.667. The molecule has 0 bridgehead atoms. The van der Waals surface area contributed by atoms with Gasteiger partial charge in [-0.15, -0.1) is 0 Å². The number of aromatic nitrogens is 4. The molecule has 25 nitrogen and oxygen atoms in total. The molecule has 0 radical (unpaired) electrons. The Balaban J connectivity index is 1.52. The average molecular weight is 839 g/mol. The number of nitrogens with two attached hydrogens (primary N) is 2. The van der Waals surface area contributed by atoms with Gasteiger partial charge in [0.25, 0.3) is 0 Å². The number of hydrogen-bond acceptors (Lipinski definition) is 19. The Morgan fingerprint density at radius 1 is 1.08 bits per heavy atom. The number of carbonyl (C=O) groups excluding carboxylic acids is 3. The van der Waals surface area contributed by atoms with E-state index in [2.05, 4.69) is 34.4 Å². The van der Waals surface area contributed by atoms with Crippen molar-refractivity contribution in [3.05, 3.63) is 12.7 Å². The van der Waals surface area contributed by atoms with Gasteiger partial charge in [-0.1, -0.05) is 25.6 Å². The van der Waals surface area contributed by atoms with Gasteiger partial charge in [0.2, 0.25) is 16.9 Å². The van der Waals surface area contributed by atoms with Crippen LogP contribution >= 0.6 is 35.2 Å². The third kappa shape index (κ3) is 13.4. The van der Waals surface area contributed by atoms with Gasteiger partial charge in [0, 0.05) is 30.7 Å². The maximum Gasteiger partial charge on any atom is 0.481 e. The topological polar surface area (TPSA) is 390 Å². The van der Waals surface area contributed by atoms with Gasteiger partial charge >= 0.3 is 23.5 Å². The quantitative estimate of drug-likeness (QED) is 0.0510. The van der Waals surface area contributed by atoms with E-state index in [1.807, 2.05) is 0 Å². The molecule has 29 heteroatoms. The number of nitrogen functional groups attached to an aromatic ring is 1. The highest BCUT2D eigenvalue weighted by molar-refractivity contribution is 8.13. The van der Waals surface area contributed by atoms with Crippen molar-refractivity contribution in [3.63, 3.8) is 0 Å². The number of amides is 2. The number of imidazole rings is 1. The molecule has 3 rings (SSSR count). The van der Waals surface area contributed by atoms with E-state index in [1.54, 1.807) is 0 Å². The SMILES string of the molecule is CC(N)C(=O)SCCNC(=O)CCNC(=O)C(O)C(C)(C)COP(=O)(O)OP(=O)(O)OC[C@H]1O[C@@H](n2cnc3c(N)ncnc32)[C@H](O)[C@@H]1OP(=O)(O)O. The van der Waals surface area contributed by atoms with Crippen LogP contribution in [-0.2, 0) is 50.7 Å². The molecule has 1 fully saturated rings. The Morgan fingerprint density at radius 2 is 1.74 bits per heavy atom. The number of thioether (sulfide) groups is 1. The van der Waals surface area contributed by atoms with Gasteiger partial charge in [0.1, 0.15) is 36.3 Å². The van der Waals surface area contributed by atoms with Crippen molar-refractivity contribution in [2.24, 2.45) is 11.1 Å². The second-order valence-corrected chi connectivity index (χ2v) is 17.4. The van der Waals surface area contributed by atoms with Crippen molar-refractivity contribution < 1.29 is 80.5 Å². The first-order valence-electron chi connectivity index (χ1n) is 15.2. The Morgan fingerprint density at radius 3 is 2.38 bits per heavy atom. The molecule has 12 N–H and O–H groups in total. The van der Waals surface area contributed by atoms with Crippen LogP contribution in [-0.4, -0.2) is 129 Å². The Hall–Kier alpha value is -2.48. The van der Waals surface area contributed by atoms with Gasteiger partial charge in [0.05, 0.1) is 25.6 Å². The highest BCUT2D eigenvalue weighted by atomic mass is 32.2. The number of phosphoric ester groups is 3. The number of ether oxygens (including phenoxy) is 1. The summed E-state index contributed by atoms with van der Waals surface area (Å²) < 4.78 is 61.9. The lowest BCUT2D eigenvalue weighted by Gasteiger charge is -2.30. The minimum atomic E-state index is -5.57. The molecule has 1 aliphatic rings. The largest absolute Gasteiger partial charge is 0.481 e. The molecule has 0 spiro atoms. The fourth-order valence-electron chi connectivity index (χ4n) is 4.41. The van der Waals surface area contributed by atoms with Gasteiger partial charge in [-0.3, -0.25) is 32.5 Å². The van der Waals surface area contributed by atoms with Crippen LogP contribution in [0.3, 0.4) is 0 Å². The van der Waals surface area contributed by atoms with Gasteiger partial charge in [-0.05, 0) is 6.92 Å². The van der Waals surface area contributed by atoms with E-state index in [0.29, 0.717) is 0 Å². The number of aliphatic hydroxyl groups is 2. The number of hydrogen-bond donors (Lipinski definition) is 10. The smallest absolute Gasteiger partial charge is 0.386 e. The summed E-state index contributed by atoms with van der Waals surface area (Å²) in [5.41, 5.74) is 9.69. The first-order chi connectivity index (χ1) is 24.4. The monoisotopic (exact) mass is 838 g/mol. The number of aliphatic hydroxyl groups excluding tert-OH is 2. The molecule has 2 amide bonds. The molecule has 0 aliphatic carbocycles. The number of anilines is 1. The molecule has 53 heavy (non-hydrogen) atoms. The van der Waals surface area contributed by atoms with Gasteiger partial charge in [-0.25, -0.2) is 28.6 Å². The van der Waals surface area contributed by atoms with E-state index in [-0.39, 0.29) is 47.4 Å². The second-order valence-electron chi connectivity index (χ2n) is 12.0. The Kier molecular flexibility index (Phi) is 15.6. The summed E-state index contributed by atoms with van der Waals surface area (Å²) in [6, 6.07) is -0.646. The summed E-state index contributed by atoms with van der Waals surface area (Å²) in [6.45, 7) is 1.94. The lowest BCUT2D eigenvalue weighted by Crippen LogP contribution is -2.46. The summed E-state index contributed by atoms with van der Waals surface area (Å²) in [6.07, 6.45) is -6.95. The minimum Gasteiger partial charge on any atom is -0.386 e. The molecule has 0 aromatic carbocycles. The third-order valence-corrected chi connectivity index (χ3v) is 11.3. The standard InChI is InChI=1S/C24H41N8O17P3S/c1-12(25)23(37)53-7-6-27-14(33)4-5-28-21(36)18(35)24(2,3)9-46-52(43,44)49-51(41,42)45-8-13-17(48-50(38,39)40)16(34)22(47-13)32-11-31-15-19(26)29-10-30-20(15)32/h10-13,16-18,22,34-35H,4-9,25H2,1-3H3,(H,27,33)(H,28,36)(H,41,42)(H,43,44)(H2,26,29,30)(H2,38,39,40)/t12?,13-,16-,17-,18?,22-/m1/s1. The minimum absolute atomic E-state index is 0.0281. The summed E-state index contributed by atoms with van der Waals surface area (Å²) in [7, 11) is -16.4. The number of nitrogens with one attached hydrogen (secondary N) is 2. The Labute approximate surface area is 304 Å². The molecule has 1 aliphatic heterocycles. The number of phosphoric acid groups is 3. The van der Waals surface area contributed by atoms with E-state index in [4.69, 9.17) is 25.3 Å². The fourth-order valence-corrected chi connectivity index (χ4v) is 7.91. The van der Waals surface area contributed by atoms with Crippen molar-refractivity contribution >= 4 is 69.1 Å². The van der Waals surface area contributed by atoms with Crippen molar-refractivity contribution in [1.29, 1.82) is 0 Å². The van der Waals surface area contributed by atoms with Crippen LogP contribution in [0.25, 0.3) is 11.2 Å². The van der Waals surface area contributed by atoms with Crippen molar-refractivity contribution in [3.8, 4) is 0 Å². The number of nitrogens with zero attached hydrogens (tertiary/aromatic N) is 4. The van der Waals surface area contributed by atoms with Gasteiger partial charge in [-0.2, -0.15) is 4.31 Å². The summed E-state index contributed by atoms with van der Waals surface area (Å²) >= 11 is 0.953. The third-order valence-electron chi connectivity index (χ3n) is 7.12. The zero-order valence-corrected chi connectivity index (χ0v) is 31.7.